The van der Waals surface area contributed by atoms with Crippen LogP contribution in [0.2, 0.25) is 10.0 Å². The second-order valence-corrected chi connectivity index (χ2v) is 12.1. The van der Waals surface area contributed by atoms with Crippen molar-refractivity contribution in [3.8, 4) is 0 Å². The van der Waals surface area contributed by atoms with E-state index in [0.717, 1.165) is 52.3 Å². The number of H-pyrrole nitrogens is 1. The molecule has 2 aromatic carbocycles. The number of piperidine rings is 1. The fourth-order valence-electron chi connectivity index (χ4n) is 5.33. The predicted molar refractivity (Wildman–Crippen MR) is 163 cm³/mol. The number of hydrogen-bond acceptors (Lipinski definition) is 5. The zero-order chi connectivity index (χ0) is 28.2. The first-order valence-corrected chi connectivity index (χ1v) is 15.2. The van der Waals surface area contributed by atoms with Crippen molar-refractivity contribution in [1.29, 1.82) is 0 Å². The molecule has 5 rings (SSSR count). The smallest absolute Gasteiger partial charge is 0.336 e. The molecule has 2 aliphatic rings. The number of halogens is 3. The maximum Gasteiger partial charge on any atom is 0.336 e. The van der Waals surface area contributed by atoms with Gasteiger partial charge in [0.25, 0.3) is 5.91 Å². The van der Waals surface area contributed by atoms with Crippen molar-refractivity contribution in [2.45, 2.75) is 25.3 Å². The summed E-state index contributed by atoms with van der Waals surface area (Å²) in [7, 11) is -0.503. The van der Waals surface area contributed by atoms with E-state index in [9.17, 15) is 17.8 Å². The van der Waals surface area contributed by atoms with Crippen molar-refractivity contribution < 1.29 is 17.8 Å². The minimum Gasteiger partial charge on any atom is -0.350 e. The lowest BCUT2D eigenvalue weighted by atomic mass is 9.89. The molecule has 0 bridgehead atoms. The number of aromatic nitrogens is 1. The van der Waals surface area contributed by atoms with Crippen LogP contribution >= 0.6 is 35.6 Å². The molecule has 3 aromatic rings. The van der Waals surface area contributed by atoms with Crippen molar-refractivity contribution in [2.24, 2.45) is 0 Å². The molecule has 1 aromatic heterocycles. The number of nitrogens with one attached hydrogen (secondary N) is 2. The van der Waals surface area contributed by atoms with E-state index < -0.39 is 10.3 Å². The molecule has 3 heterocycles. The molecule has 0 aliphatic carbocycles. The average Bonchev–Trinajstić information content (AvgIpc) is 3.27. The maximum absolute atomic E-state index is 13.5. The zero-order valence-corrected chi connectivity index (χ0v) is 25.7. The van der Waals surface area contributed by atoms with Gasteiger partial charge in [-0.15, -0.1) is 12.4 Å². The molecule has 0 radical (unpaired) electrons. The van der Waals surface area contributed by atoms with Gasteiger partial charge < -0.3 is 15.2 Å². The maximum atomic E-state index is 13.5. The molecule has 0 spiro atoms. The van der Waals surface area contributed by atoms with Crippen LogP contribution in [0.5, 0.6) is 0 Å². The van der Waals surface area contributed by atoms with Gasteiger partial charge in [-0.1, -0.05) is 47.5 Å². The average molecular weight is 633 g/mol. The first-order valence-electron chi connectivity index (χ1n) is 13.0. The minimum atomic E-state index is -4.25. The highest BCUT2D eigenvalue weighted by atomic mass is 35.5. The zero-order valence-electron chi connectivity index (χ0n) is 22.6. The lowest BCUT2D eigenvalue weighted by molar-refractivity contribution is 0.0685. The molecule has 13 heteroatoms. The highest BCUT2D eigenvalue weighted by Gasteiger charge is 2.31. The lowest BCUT2D eigenvalue weighted by Gasteiger charge is -2.34. The Balaban J connectivity index is 0.00000106. The van der Waals surface area contributed by atoms with Gasteiger partial charge in [-0.05, 0) is 69.7 Å². The molecule has 3 N–H and O–H groups in total. The molecule has 2 saturated heterocycles. The summed E-state index contributed by atoms with van der Waals surface area (Å²) in [6, 6.07) is 13.5. The van der Waals surface area contributed by atoms with Crippen LogP contribution in [-0.4, -0.2) is 91.3 Å². The Bertz CT molecular complexity index is 1380. The number of fused-ring (bicyclic) bond motifs is 1. The number of piperazine rings is 1. The molecule has 2 aliphatic heterocycles. The number of rotatable bonds is 5. The number of nitrogens with zero attached hydrogens (tertiary/aromatic N) is 3. The topological polar surface area (TPSA) is 109 Å². The number of benzene rings is 2. The number of likely N-dealkylation sites (tertiary alicyclic amines) is 1. The van der Waals surface area contributed by atoms with Crippen LogP contribution < -0.4 is 5.32 Å². The summed E-state index contributed by atoms with van der Waals surface area (Å²) < 4.78 is 33.1. The van der Waals surface area contributed by atoms with Crippen LogP contribution in [0.15, 0.2) is 42.5 Å². The Hall–Kier alpha value is -1.89. The Labute approximate surface area is 252 Å². The van der Waals surface area contributed by atoms with Gasteiger partial charge >= 0.3 is 10.3 Å². The summed E-state index contributed by atoms with van der Waals surface area (Å²) in [5.74, 6) is 0.138. The third-order valence-electron chi connectivity index (χ3n) is 7.26. The fraction of sp³-hybridized carbons (Fsp3) is 0.444. The van der Waals surface area contributed by atoms with Gasteiger partial charge in [0.15, 0.2) is 0 Å². The molecule has 40 heavy (non-hydrogen) atoms. The standard InChI is InChI=1S/C25H28Cl2N4O4S.C2H7N.ClH/c26-20-5-3-6-21(27)23(20)17-8-10-29(11-9-17)16-19-18-4-1-2-7-22(18)28-24(19)25(32)30-12-14-31(15-13-30)36(33,34)35;1-3-2;/h1-7,17,28H,8-16H2,(H,33,34,35);3H,1-2H3;1H. The minimum absolute atomic E-state index is 0. The molecule has 0 saturated carbocycles. The van der Waals surface area contributed by atoms with Crippen molar-refractivity contribution in [2.75, 3.05) is 53.4 Å². The van der Waals surface area contributed by atoms with E-state index in [4.69, 9.17) is 23.2 Å². The van der Waals surface area contributed by atoms with Crippen LogP contribution in [-0.2, 0) is 16.8 Å². The van der Waals surface area contributed by atoms with E-state index in [1.165, 1.54) is 0 Å². The molecule has 2 fully saturated rings. The van der Waals surface area contributed by atoms with Gasteiger partial charge in [-0.2, -0.15) is 12.7 Å². The van der Waals surface area contributed by atoms with Crippen molar-refractivity contribution in [1.82, 2.24) is 24.4 Å². The predicted octanol–water partition coefficient (Wildman–Crippen LogP) is 4.67. The Morgan fingerprint density at radius 3 is 2.12 bits per heavy atom. The van der Waals surface area contributed by atoms with E-state index >= 15 is 0 Å². The highest BCUT2D eigenvalue weighted by molar-refractivity contribution is 7.83. The normalized spacial score (nSPS) is 17.3. The highest BCUT2D eigenvalue weighted by Crippen LogP contribution is 2.38. The Morgan fingerprint density at radius 1 is 0.975 bits per heavy atom. The number of amides is 1. The van der Waals surface area contributed by atoms with Crippen LogP contribution in [0.25, 0.3) is 10.9 Å². The van der Waals surface area contributed by atoms with E-state index in [1.54, 1.807) is 4.90 Å². The second-order valence-electron chi connectivity index (χ2n) is 9.88. The fourth-order valence-corrected chi connectivity index (χ4v) is 6.66. The van der Waals surface area contributed by atoms with E-state index in [-0.39, 0.29) is 44.5 Å². The van der Waals surface area contributed by atoms with Crippen LogP contribution in [0, 0.1) is 0 Å². The SMILES string of the molecule is CNC.Cl.O=C(c1[nH]c2ccccc2c1CN1CCC(c2c(Cl)cccc2Cl)CC1)N1CCN(S(=O)(=O)O)CC1. The first kappa shape index (κ1) is 32.6. The number of carbonyl (C=O) groups excluding carboxylic acids is 1. The molecule has 0 atom stereocenters. The number of aromatic amines is 1. The number of carbonyl (C=O) groups is 1. The first-order chi connectivity index (χ1) is 18.6. The van der Waals surface area contributed by atoms with E-state index in [1.807, 2.05) is 56.6 Å². The van der Waals surface area contributed by atoms with E-state index in [2.05, 4.69) is 15.2 Å². The number of para-hydroxylation sites is 1. The second kappa shape index (κ2) is 14.3. The van der Waals surface area contributed by atoms with Gasteiger partial charge in [0, 0.05) is 59.2 Å². The van der Waals surface area contributed by atoms with Gasteiger partial charge in [-0.25, -0.2) is 0 Å². The van der Waals surface area contributed by atoms with Gasteiger partial charge in [-0.3, -0.25) is 14.2 Å². The summed E-state index contributed by atoms with van der Waals surface area (Å²) in [4.78, 5) is 20.8. The molecule has 220 valence electrons. The quantitative estimate of drug-likeness (QED) is 0.353. The molecular formula is C27H36Cl3N5O4S. The van der Waals surface area contributed by atoms with Crippen LogP contribution in [0.4, 0.5) is 0 Å². The summed E-state index contributed by atoms with van der Waals surface area (Å²) in [5, 5.41) is 5.17. The third-order valence-corrected chi connectivity index (χ3v) is 8.93. The van der Waals surface area contributed by atoms with Gasteiger partial charge in [0.05, 0.1) is 0 Å². The summed E-state index contributed by atoms with van der Waals surface area (Å²) in [6.45, 7) is 2.91. The van der Waals surface area contributed by atoms with Crippen LogP contribution in [0.1, 0.15) is 40.4 Å². The third kappa shape index (κ3) is 7.49. The lowest BCUT2D eigenvalue weighted by Crippen LogP contribution is -2.50. The molecule has 1 amide bonds. The number of hydrogen-bond donors (Lipinski definition) is 3. The molecule has 9 nitrogen and oxygen atoms in total. The van der Waals surface area contributed by atoms with E-state index in [0.29, 0.717) is 28.2 Å². The summed E-state index contributed by atoms with van der Waals surface area (Å²) >= 11 is 12.9. The van der Waals surface area contributed by atoms with Crippen molar-refractivity contribution in [3.63, 3.8) is 0 Å². The summed E-state index contributed by atoms with van der Waals surface area (Å²) in [6.07, 6.45) is 1.85. The largest absolute Gasteiger partial charge is 0.350 e. The monoisotopic (exact) mass is 631 g/mol. The van der Waals surface area contributed by atoms with Crippen molar-refractivity contribution in [3.05, 3.63) is 69.3 Å². The molecule has 0 unspecified atom stereocenters. The Kier molecular flexibility index (Phi) is 11.7. The molecular weight excluding hydrogens is 597 g/mol. The van der Waals surface area contributed by atoms with Crippen LogP contribution in [0.3, 0.4) is 0 Å². The van der Waals surface area contributed by atoms with Gasteiger partial charge in [0.2, 0.25) is 0 Å². The van der Waals surface area contributed by atoms with Crippen molar-refractivity contribution >= 4 is 62.7 Å². The summed E-state index contributed by atoms with van der Waals surface area (Å²) in [5.41, 5.74) is 3.40. The Morgan fingerprint density at radius 2 is 1.55 bits per heavy atom. The van der Waals surface area contributed by atoms with Gasteiger partial charge in [0.1, 0.15) is 5.69 Å².